The van der Waals surface area contributed by atoms with Crippen LogP contribution in [-0.2, 0) is 0 Å². The quantitative estimate of drug-likeness (QED) is 0.917. The first-order valence-electron chi connectivity index (χ1n) is 7.02. The van der Waals surface area contributed by atoms with Crippen LogP contribution in [0.4, 0.5) is 11.5 Å². The minimum Gasteiger partial charge on any atom is -0.369 e. The topological polar surface area (TPSA) is 58.1 Å². The summed E-state index contributed by atoms with van der Waals surface area (Å²) in [6.45, 7) is 4.93. The zero-order chi connectivity index (χ0) is 15.2. The number of carbonyl (C=O) groups is 1. The third-order valence-electron chi connectivity index (χ3n) is 3.15. The van der Waals surface area contributed by atoms with E-state index in [9.17, 15) is 4.79 Å². The number of hydrogen-bond donors (Lipinski definition) is 1. The lowest BCUT2D eigenvalue weighted by atomic mass is 10.2. The lowest BCUT2D eigenvalue weighted by Crippen LogP contribution is -2.27. The fourth-order valence-electron chi connectivity index (χ4n) is 1.84. The summed E-state index contributed by atoms with van der Waals surface area (Å²) in [7, 11) is 1.73. The van der Waals surface area contributed by atoms with E-state index < -0.39 is 0 Å². The maximum atomic E-state index is 12.4. The summed E-state index contributed by atoms with van der Waals surface area (Å²) in [5.41, 5.74) is 2.33. The summed E-state index contributed by atoms with van der Waals surface area (Å²) in [5.74, 6) is 0.514. The van der Waals surface area contributed by atoms with Gasteiger partial charge in [-0.1, -0.05) is 24.6 Å². The van der Waals surface area contributed by atoms with E-state index in [0.717, 1.165) is 24.2 Å². The van der Waals surface area contributed by atoms with Gasteiger partial charge in [0.15, 0.2) is 0 Å². The molecule has 1 heterocycles. The van der Waals surface area contributed by atoms with Gasteiger partial charge in [-0.3, -0.25) is 4.79 Å². The molecule has 1 aromatic heterocycles. The van der Waals surface area contributed by atoms with E-state index in [0.29, 0.717) is 11.5 Å². The molecule has 0 unspecified atom stereocenters. The van der Waals surface area contributed by atoms with Crippen LogP contribution >= 0.6 is 0 Å². The van der Waals surface area contributed by atoms with Crippen molar-refractivity contribution in [2.45, 2.75) is 20.3 Å². The van der Waals surface area contributed by atoms with E-state index >= 15 is 0 Å². The van der Waals surface area contributed by atoms with Gasteiger partial charge in [0.25, 0.3) is 5.91 Å². The van der Waals surface area contributed by atoms with Gasteiger partial charge in [-0.15, -0.1) is 0 Å². The molecule has 1 amide bonds. The number of nitrogens with zero attached hydrogens (tertiary/aromatic N) is 3. The molecule has 0 aliphatic heterocycles. The van der Waals surface area contributed by atoms with Crippen LogP contribution in [0.3, 0.4) is 0 Å². The number of carbonyl (C=O) groups excluding carboxylic acids is 1. The third-order valence-corrected chi connectivity index (χ3v) is 3.15. The molecule has 5 nitrogen and oxygen atoms in total. The molecule has 0 fully saturated rings. The molecule has 1 aromatic carbocycles. The van der Waals surface area contributed by atoms with Crippen molar-refractivity contribution < 1.29 is 4.79 Å². The Hall–Kier alpha value is -2.43. The van der Waals surface area contributed by atoms with E-state index in [-0.39, 0.29) is 5.91 Å². The van der Waals surface area contributed by atoms with Crippen molar-refractivity contribution in [3.05, 3.63) is 47.9 Å². The minimum atomic E-state index is -0.173. The largest absolute Gasteiger partial charge is 0.369 e. The fourth-order valence-corrected chi connectivity index (χ4v) is 1.84. The summed E-state index contributed by atoms with van der Waals surface area (Å²) in [6.07, 6.45) is 4.11. The molecule has 0 bridgehead atoms. The predicted molar refractivity (Wildman–Crippen MR) is 84.7 cm³/mol. The summed E-state index contributed by atoms with van der Waals surface area (Å²) in [5, 5.41) is 3.13. The zero-order valence-corrected chi connectivity index (χ0v) is 12.6. The Morgan fingerprint density at radius 1 is 1.19 bits per heavy atom. The Morgan fingerprint density at radius 2 is 1.90 bits per heavy atom. The maximum absolute atomic E-state index is 12.4. The molecule has 0 aliphatic rings. The monoisotopic (exact) mass is 284 g/mol. The average Bonchev–Trinajstić information content (AvgIpc) is 2.53. The molecule has 2 aromatic rings. The lowest BCUT2D eigenvalue weighted by Gasteiger charge is -2.17. The number of aromatic nitrogens is 2. The second-order valence-electron chi connectivity index (χ2n) is 4.91. The van der Waals surface area contributed by atoms with Gasteiger partial charge in [0.1, 0.15) is 11.5 Å². The zero-order valence-electron chi connectivity index (χ0n) is 12.6. The van der Waals surface area contributed by atoms with Crippen LogP contribution in [0, 0.1) is 6.92 Å². The predicted octanol–water partition coefficient (Wildman–Crippen LogP) is 2.88. The molecule has 5 heteroatoms. The summed E-state index contributed by atoms with van der Waals surface area (Å²) in [4.78, 5) is 22.3. The third kappa shape index (κ3) is 3.78. The Balaban J connectivity index is 2.10. The molecule has 0 atom stereocenters. The van der Waals surface area contributed by atoms with Crippen molar-refractivity contribution in [2.75, 3.05) is 23.8 Å². The molecular formula is C16H20N4O. The summed E-state index contributed by atoms with van der Waals surface area (Å²) in [6, 6.07) is 7.78. The molecule has 110 valence electrons. The standard InChI is InChI=1S/C16H20N4O/c1-4-9-17-15-11-18-14(10-19-15)16(21)20(3)13-7-5-12(2)6-8-13/h5-8,10-11H,4,9H2,1-3H3,(H,17,19). The van der Waals surface area contributed by atoms with E-state index in [4.69, 9.17) is 0 Å². The van der Waals surface area contributed by atoms with Gasteiger partial charge in [-0.25, -0.2) is 9.97 Å². The smallest absolute Gasteiger partial charge is 0.278 e. The molecule has 21 heavy (non-hydrogen) atoms. The molecule has 0 aliphatic carbocycles. The van der Waals surface area contributed by atoms with Crippen molar-refractivity contribution in [3.63, 3.8) is 0 Å². The molecule has 0 saturated carbocycles. The van der Waals surface area contributed by atoms with Crippen molar-refractivity contribution in [1.29, 1.82) is 0 Å². The minimum absolute atomic E-state index is 0.173. The summed E-state index contributed by atoms with van der Waals surface area (Å²) < 4.78 is 0. The fraction of sp³-hybridized carbons (Fsp3) is 0.312. The van der Waals surface area contributed by atoms with Crippen LogP contribution in [-0.4, -0.2) is 29.5 Å². The molecular weight excluding hydrogens is 264 g/mol. The summed E-state index contributed by atoms with van der Waals surface area (Å²) >= 11 is 0. The maximum Gasteiger partial charge on any atom is 0.278 e. The van der Waals surface area contributed by atoms with Crippen molar-refractivity contribution in [3.8, 4) is 0 Å². The first-order chi connectivity index (χ1) is 10.1. The van der Waals surface area contributed by atoms with Crippen LogP contribution in [0.5, 0.6) is 0 Å². The molecule has 0 spiro atoms. The normalized spacial score (nSPS) is 10.2. The van der Waals surface area contributed by atoms with E-state index in [1.807, 2.05) is 31.2 Å². The SMILES string of the molecule is CCCNc1cnc(C(=O)N(C)c2ccc(C)cc2)cn1. The molecule has 2 rings (SSSR count). The van der Waals surface area contributed by atoms with Gasteiger partial charge in [0.2, 0.25) is 0 Å². The first kappa shape index (κ1) is 15.0. The van der Waals surface area contributed by atoms with Crippen LogP contribution in [0.25, 0.3) is 0 Å². The first-order valence-corrected chi connectivity index (χ1v) is 7.02. The number of hydrogen-bond acceptors (Lipinski definition) is 4. The second kappa shape index (κ2) is 6.83. The molecule has 0 saturated heterocycles. The highest BCUT2D eigenvalue weighted by Crippen LogP contribution is 2.15. The number of nitrogens with one attached hydrogen (secondary N) is 1. The Morgan fingerprint density at radius 3 is 2.48 bits per heavy atom. The number of benzene rings is 1. The highest BCUT2D eigenvalue weighted by molar-refractivity contribution is 6.04. The molecule has 0 radical (unpaired) electrons. The highest BCUT2D eigenvalue weighted by atomic mass is 16.2. The lowest BCUT2D eigenvalue weighted by molar-refractivity contribution is 0.0988. The molecule has 1 N–H and O–H groups in total. The van der Waals surface area contributed by atoms with Crippen LogP contribution < -0.4 is 10.2 Å². The Bertz CT molecular complexity index is 593. The van der Waals surface area contributed by atoms with Gasteiger partial charge >= 0.3 is 0 Å². The van der Waals surface area contributed by atoms with Gasteiger partial charge < -0.3 is 10.2 Å². The van der Waals surface area contributed by atoms with E-state index in [1.165, 1.54) is 6.20 Å². The van der Waals surface area contributed by atoms with Gasteiger partial charge in [-0.2, -0.15) is 0 Å². The van der Waals surface area contributed by atoms with E-state index in [1.54, 1.807) is 18.1 Å². The van der Waals surface area contributed by atoms with Gasteiger partial charge in [0.05, 0.1) is 12.4 Å². The van der Waals surface area contributed by atoms with Crippen LogP contribution in [0.15, 0.2) is 36.7 Å². The Kier molecular flexibility index (Phi) is 4.87. The number of amides is 1. The van der Waals surface area contributed by atoms with Gasteiger partial charge in [0, 0.05) is 19.3 Å². The second-order valence-corrected chi connectivity index (χ2v) is 4.91. The average molecular weight is 284 g/mol. The van der Waals surface area contributed by atoms with Gasteiger partial charge in [-0.05, 0) is 25.5 Å². The highest BCUT2D eigenvalue weighted by Gasteiger charge is 2.15. The number of aryl methyl sites for hydroxylation is 1. The van der Waals surface area contributed by atoms with E-state index in [2.05, 4.69) is 22.2 Å². The van der Waals surface area contributed by atoms with Crippen molar-refractivity contribution in [2.24, 2.45) is 0 Å². The number of rotatable bonds is 5. The Labute approximate surface area is 125 Å². The van der Waals surface area contributed by atoms with Crippen LogP contribution in [0.2, 0.25) is 0 Å². The van der Waals surface area contributed by atoms with Crippen molar-refractivity contribution >= 4 is 17.4 Å². The van der Waals surface area contributed by atoms with Crippen LogP contribution in [0.1, 0.15) is 29.4 Å². The van der Waals surface area contributed by atoms with Crippen molar-refractivity contribution in [1.82, 2.24) is 9.97 Å². The number of anilines is 2.